The first kappa shape index (κ1) is 18.4. The lowest BCUT2D eigenvalue weighted by atomic mass is 9.87. The van der Waals surface area contributed by atoms with Gasteiger partial charge in [0.05, 0.1) is 4.90 Å². The maximum absolute atomic E-state index is 12.6. The normalized spacial score (nSPS) is 17.3. The van der Waals surface area contributed by atoms with Crippen LogP contribution in [0.25, 0.3) is 0 Å². The zero-order chi connectivity index (χ0) is 14.8. The summed E-state index contributed by atoms with van der Waals surface area (Å²) < 4.78 is 28.1. The highest BCUT2D eigenvalue weighted by Gasteiger charge is 2.27. The molecule has 1 aromatic carbocycles. The average Bonchev–Trinajstić information content (AvgIpc) is 2.38. The molecule has 2 N–H and O–H groups in total. The van der Waals surface area contributed by atoms with Crippen LogP contribution >= 0.6 is 12.4 Å². The first-order valence-electron chi connectivity index (χ1n) is 7.13. The molecule has 6 heteroatoms. The zero-order valence-electron chi connectivity index (χ0n) is 12.8. The van der Waals surface area contributed by atoms with E-state index in [4.69, 9.17) is 0 Å². The van der Waals surface area contributed by atoms with Crippen LogP contribution in [-0.2, 0) is 15.4 Å². The Labute approximate surface area is 134 Å². The van der Waals surface area contributed by atoms with E-state index in [9.17, 15) is 8.42 Å². The second-order valence-electron chi connectivity index (χ2n) is 6.39. The van der Waals surface area contributed by atoms with E-state index in [1.54, 1.807) is 12.1 Å². The van der Waals surface area contributed by atoms with Crippen molar-refractivity contribution in [3.8, 4) is 0 Å². The summed E-state index contributed by atoms with van der Waals surface area (Å²) in [4.78, 5) is 0.408. The second-order valence-corrected chi connectivity index (χ2v) is 8.07. The van der Waals surface area contributed by atoms with Crippen LogP contribution < -0.4 is 10.0 Å². The fourth-order valence-corrected chi connectivity index (χ4v) is 4.27. The Morgan fingerprint density at radius 2 is 1.71 bits per heavy atom. The Balaban J connectivity index is 0.00000220. The molecule has 1 aromatic rings. The molecule has 2 rings (SSSR count). The molecule has 1 saturated heterocycles. The van der Waals surface area contributed by atoms with Crippen molar-refractivity contribution in [2.24, 2.45) is 0 Å². The van der Waals surface area contributed by atoms with Gasteiger partial charge in [0.25, 0.3) is 0 Å². The maximum Gasteiger partial charge on any atom is 0.241 e. The van der Waals surface area contributed by atoms with Crippen LogP contribution in [0.3, 0.4) is 0 Å². The summed E-state index contributed by atoms with van der Waals surface area (Å²) in [6.07, 6.45) is 1.69. The number of halogens is 1. The van der Waals surface area contributed by atoms with E-state index in [1.807, 2.05) is 32.9 Å². The Hall–Kier alpha value is -0.620. The molecule has 21 heavy (non-hydrogen) atoms. The lowest BCUT2D eigenvalue weighted by Crippen LogP contribution is -2.43. The number of sulfonamides is 1. The van der Waals surface area contributed by atoms with Gasteiger partial charge in [0, 0.05) is 6.04 Å². The van der Waals surface area contributed by atoms with Gasteiger partial charge in [0.2, 0.25) is 10.0 Å². The SMILES string of the molecule is CC(C)(C)c1ccccc1S(=O)(=O)NC1CCNCC1.Cl. The van der Waals surface area contributed by atoms with Crippen molar-refractivity contribution in [3.05, 3.63) is 29.8 Å². The molecule has 1 aliphatic heterocycles. The van der Waals surface area contributed by atoms with Crippen LogP contribution in [0.2, 0.25) is 0 Å². The molecule has 0 spiro atoms. The van der Waals surface area contributed by atoms with Crippen molar-refractivity contribution in [1.82, 2.24) is 10.0 Å². The van der Waals surface area contributed by atoms with Crippen LogP contribution in [0.4, 0.5) is 0 Å². The molecule has 0 amide bonds. The molecule has 0 saturated carbocycles. The standard InChI is InChI=1S/C15H24N2O2S.ClH/c1-15(2,3)13-6-4-5-7-14(13)20(18,19)17-12-8-10-16-11-9-12;/h4-7,12,16-17H,8-11H2,1-3H3;1H. The number of hydrogen-bond donors (Lipinski definition) is 2. The Bertz CT molecular complexity index is 561. The Kier molecular flexibility index (Phi) is 6.23. The third-order valence-corrected chi connectivity index (χ3v) is 5.22. The number of rotatable bonds is 3. The molecule has 0 bridgehead atoms. The van der Waals surface area contributed by atoms with Crippen molar-refractivity contribution in [3.63, 3.8) is 0 Å². The predicted molar refractivity (Wildman–Crippen MR) is 88.6 cm³/mol. The monoisotopic (exact) mass is 332 g/mol. The maximum atomic E-state index is 12.6. The largest absolute Gasteiger partial charge is 0.317 e. The molecular formula is C15H25ClN2O2S. The smallest absolute Gasteiger partial charge is 0.241 e. The van der Waals surface area contributed by atoms with E-state index in [0.29, 0.717) is 4.90 Å². The van der Waals surface area contributed by atoms with E-state index < -0.39 is 10.0 Å². The molecule has 0 unspecified atom stereocenters. The van der Waals surface area contributed by atoms with Crippen LogP contribution in [0.5, 0.6) is 0 Å². The van der Waals surface area contributed by atoms with Gasteiger partial charge >= 0.3 is 0 Å². The molecule has 120 valence electrons. The minimum Gasteiger partial charge on any atom is -0.317 e. The van der Waals surface area contributed by atoms with Gasteiger partial charge in [-0.1, -0.05) is 39.0 Å². The number of benzene rings is 1. The number of piperidine rings is 1. The summed E-state index contributed by atoms with van der Waals surface area (Å²) in [6.45, 7) is 7.84. The Morgan fingerprint density at radius 3 is 2.29 bits per heavy atom. The molecule has 1 fully saturated rings. The first-order valence-corrected chi connectivity index (χ1v) is 8.61. The summed E-state index contributed by atoms with van der Waals surface area (Å²) in [5.41, 5.74) is 0.667. The lowest BCUT2D eigenvalue weighted by molar-refractivity contribution is 0.426. The summed E-state index contributed by atoms with van der Waals surface area (Å²) in [7, 11) is -3.45. The average molecular weight is 333 g/mol. The van der Waals surface area contributed by atoms with Gasteiger partial charge in [-0.15, -0.1) is 12.4 Å². The Morgan fingerprint density at radius 1 is 1.14 bits per heavy atom. The molecule has 0 aliphatic carbocycles. The van der Waals surface area contributed by atoms with E-state index >= 15 is 0 Å². The van der Waals surface area contributed by atoms with Crippen LogP contribution in [0.1, 0.15) is 39.2 Å². The van der Waals surface area contributed by atoms with Gasteiger partial charge in [-0.2, -0.15) is 0 Å². The van der Waals surface area contributed by atoms with Gasteiger partial charge in [0.1, 0.15) is 0 Å². The summed E-state index contributed by atoms with van der Waals surface area (Å²) >= 11 is 0. The third kappa shape index (κ3) is 4.68. The highest BCUT2D eigenvalue weighted by atomic mass is 35.5. The summed E-state index contributed by atoms with van der Waals surface area (Å²) in [5.74, 6) is 0. The van der Waals surface area contributed by atoms with E-state index in [-0.39, 0.29) is 23.9 Å². The molecular weight excluding hydrogens is 308 g/mol. The van der Waals surface area contributed by atoms with E-state index in [0.717, 1.165) is 31.5 Å². The minimum atomic E-state index is -3.45. The highest BCUT2D eigenvalue weighted by molar-refractivity contribution is 7.89. The van der Waals surface area contributed by atoms with Gasteiger partial charge in [-0.3, -0.25) is 0 Å². The van der Waals surface area contributed by atoms with Gasteiger partial charge in [-0.05, 0) is 43.0 Å². The molecule has 4 nitrogen and oxygen atoms in total. The van der Waals surface area contributed by atoms with Crippen LogP contribution in [0, 0.1) is 0 Å². The minimum absolute atomic E-state index is 0. The zero-order valence-corrected chi connectivity index (χ0v) is 14.5. The topological polar surface area (TPSA) is 58.2 Å². The van der Waals surface area contributed by atoms with Crippen molar-refractivity contribution >= 4 is 22.4 Å². The quantitative estimate of drug-likeness (QED) is 0.893. The van der Waals surface area contributed by atoms with Crippen molar-refractivity contribution in [1.29, 1.82) is 0 Å². The first-order chi connectivity index (χ1) is 9.31. The van der Waals surface area contributed by atoms with Crippen LogP contribution in [-0.4, -0.2) is 27.5 Å². The van der Waals surface area contributed by atoms with Crippen molar-refractivity contribution in [2.75, 3.05) is 13.1 Å². The van der Waals surface area contributed by atoms with Gasteiger partial charge in [-0.25, -0.2) is 13.1 Å². The molecule has 0 atom stereocenters. The van der Waals surface area contributed by atoms with Crippen molar-refractivity contribution < 1.29 is 8.42 Å². The van der Waals surface area contributed by atoms with Crippen LogP contribution in [0.15, 0.2) is 29.2 Å². The van der Waals surface area contributed by atoms with E-state index in [1.165, 1.54) is 0 Å². The summed E-state index contributed by atoms with van der Waals surface area (Å²) in [6, 6.07) is 7.31. The fraction of sp³-hybridized carbons (Fsp3) is 0.600. The molecule has 0 aromatic heterocycles. The lowest BCUT2D eigenvalue weighted by Gasteiger charge is -2.26. The number of nitrogens with one attached hydrogen (secondary N) is 2. The predicted octanol–water partition coefficient (Wildman–Crippen LogP) is 2.44. The van der Waals surface area contributed by atoms with Gasteiger partial charge < -0.3 is 5.32 Å². The molecule has 1 heterocycles. The van der Waals surface area contributed by atoms with Crippen molar-refractivity contribution in [2.45, 2.75) is 50.0 Å². The highest BCUT2D eigenvalue weighted by Crippen LogP contribution is 2.28. The van der Waals surface area contributed by atoms with Gasteiger partial charge in [0.15, 0.2) is 0 Å². The number of hydrogen-bond acceptors (Lipinski definition) is 3. The summed E-state index contributed by atoms with van der Waals surface area (Å²) in [5, 5.41) is 3.24. The van der Waals surface area contributed by atoms with E-state index in [2.05, 4.69) is 10.0 Å². The fourth-order valence-electron chi connectivity index (χ4n) is 2.54. The third-order valence-electron chi connectivity index (χ3n) is 3.65. The molecule has 1 aliphatic rings. The second kappa shape index (κ2) is 7.09. The molecule has 0 radical (unpaired) electrons.